The molecule has 4 rings (SSSR count). The molecule has 14 heteroatoms. The lowest BCUT2D eigenvalue weighted by Crippen LogP contribution is -2.46. The number of aryl methyl sites for hydroxylation is 1. The van der Waals surface area contributed by atoms with E-state index in [0.29, 0.717) is 29.7 Å². The highest BCUT2D eigenvalue weighted by Crippen LogP contribution is 2.32. The molecule has 1 aliphatic carbocycles. The number of hydrogen-bond acceptors (Lipinski definition) is 9. The van der Waals surface area contributed by atoms with Crippen molar-refractivity contribution in [2.24, 2.45) is 0 Å². The van der Waals surface area contributed by atoms with E-state index in [2.05, 4.69) is 12.2 Å². The van der Waals surface area contributed by atoms with Crippen LogP contribution >= 0.6 is 34.8 Å². The summed E-state index contributed by atoms with van der Waals surface area (Å²) in [6, 6.07) is 14.8. The number of nitrogens with zero attached hydrogens (tertiary/aromatic N) is 2. The van der Waals surface area contributed by atoms with Crippen molar-refractivity contribution in [2.75, 3.05) is 23.4 Å². The van der Waals surface area contributed by atoms with Gasteiger partial charge in [-0.25, -0.2) is 14.4 Å². The highest BCUT2D eigenvalue weighted by atomic mass is 35.5. The number of anilines is 2. The third kappa shape index (κ3) is 14.6. The third-order valence-corrected chi connectivity index (χ3v) is 11.5. The zero-order valence-corrected chi connectivity index (χ0v) is 37.3. The Balaban J connectivity index is 1.54. The molecule has 0 aromatic heterocycles. The van der Waals surface area contributed by atoms with Crippen LogP contribution in [0.2, 0.25) is 15.1 Å². The largest absolute Gasteiger partial charge is 0.462 e. The van der Waals surface area contributed by atoms with Crippen LogP contribution in [-0.2, 0) is 23.8 Å². The number of nitrogens with one attached hydrogen (secondary N) is 1. The molecular weight excluding hydrogens is 841 g/mol. The summed E-state index contributed by atoms with van der Waals surface area (Å²) in [5, 5.41) is 12.4. The summed E-state index contributed by atoms with van der Waals surface area (Å²) in [4.78, 5) is 69.2. The Morgan fingerprint density at radius 3 is 2.07 bits per heavy atom. The third-order valence-electron chi connectivity index (χ3n) is 10.4. The molecule has 61 heavy (non-hydrogen) atoms. The van der Waals surface area contributed by atoms with Crippen molar-refractivity contribution in [1.82, 2.24) is 0 Å². The number of rotatable bonds is 22. The molecule has 2 amide bonds. The number of halogens is 3. The van der Waals surface area contributed by atoms with Crippen LogP contribution in [-0.4, -0.2) is 55.1 Å². The van der Waals surface area contributed by atoms with E-state index in [1.54, 1.807) is 32.0 Å². The first-order valence-electron chi connectivity index (χ1n) is 21.0. The van der Waals surface area contributed by atoms with Crippen LogP contribution in [0.3, 0.4) is 0 Å². The minimum Gasteiger partial charge on any atom is -0.462 e. The van der Waals surface area contributed by atoms with Crippen molar-refractivity contribution >= 4 is 82.0 Å². The summed E-state index contributed by atoms with van der Waals surface area (Å²) in [5.41, 5.74) is 1.47. The topological polar surface area (TPSA) is 152 Å². The van der Waals surface area contributed by atoms with E-state index in [1.807, 2.05) is 6.07 Å². The van der Waals surface area contributed by atoms with Gasteiger partial charge >= 0.3 is 18.0 Å². The lowest BCUT2D eigenvalue weighted by atomic mass is 10.0. The van der Waals surface area contributed by atoms with E-state index in [9.17, 15) is 29.2 Å². The predicted octanol–water partition coefficient (Wildman–Crippen LogP) is 12.3. The molecule has 11 nitrogen and oxygen atoms in total. The summed E-state index contributed by atoms with van der Waals surface area (Å²) >= 11 is 18.9. The molecule has 1 atom stereocenters. The highest BCUT2D eigenvalue weighted by Gasteiger charge is 2.37. The van der Waals surface area contributed by atoms with Crippen molar-refractivity contribution in [1.29, 1.82) is 5.26 Å². The molecule has 1 unspecified atom stereocenters. The first-order valence-corrected chi connectivity index (χ1v) is 22.2. The minimum atomic E-state index is -2.04. The lowest BCUT2D eigenvalue weighted by molar-refractivity contribution is -0.137. The van der Waals surface area contributed by atoms with Gasteiger partial charge in [0.05, 0.1) is 39.5 Å². The maximum Gasteiger partial charge on any atom is 0.415 e. The SMILES string of the molecule is CCCCCCCCCCCCOC(=O)c1ccc(Cl)c(NC(=O)C(OC(=O)N(c2ccc(/C=C(\C#N)C(=O)OCC)c(C)c2)C2CCCC2)C(=O)c2ccc(Cl)c(Cl)c2)c1. The van der Waals surface area contributed by atoms with Crippen LogP contribution in [0, 0.1) is 18.3 Å². The smallest absolute Gasteiger partial charge is 0.415 e. The lowest BCUT2D eigenvalue weighted by Gasteiger charge is -2.30. The summed E-state index contributed by atoms with van der Waals surface area (Å²) in [7, 11) is 0. The first-order chi connectivity index (χ1) is 29.4. The number of unbranched alkanes of at least 4 members (excludes halogenated alkanes) is 9. The van der Waals surface area contributed by atoms with Crippen LogP contribution < -0.4 is 10.2 Å². The fraction of sp³-hybridized carbons (Fsp3) is 0.447. The van der Waals surface area contributed by atoms with Crippen molar-refractivity contribution in [3.05, 3.63) is 97.5 Å². The van der Waals surface area contributed by atoms with E-state index >= 15 is 0 Å². The number of carbonyl (C=O) groups is 5. The van der Waals surface area contributed by atoms with Gasteiger partial charge in [0.2, 0.25) is 11.9 Å². The average molecular weight is 895 g/mol. The molecule has 326 valence electrons. The molecule has 0 spiro atoms. The first kappa shape index (κ1) is 48.8. The van der Waals surface area contributed by atoms with Crippen LogP contribution in [0.1, 0.15) is 136 Å². The van der Waals surface area contributed by atoms with Gasteiger partial charge in [-0.2, -0.15) is 5.26 Å². The van der Waals surface area contributed by atoms with Crippen LogP contribution in [0.5, 0.6) is 0 Å². The molecule has 1 aliphatic rings. The molecule has 0 saturated heterocycles. The van der Waals surface area contributed by atoms with Gasteiger partial charge in [-0.3, -0.25) is 14.5 Å². The van der Waals surface area contributed by atoms with E-state index in [0.717, 1.165) is 38.5 Å². The van der Waals surface area contributed by atoms with Gasteiger partial charge in [0.1, 0.15) is 11.6 Å². The number of ether oxygens (including phenoxy) is 3. The van der Waals surface area contributed by atoms with E-state index in [4.69, 9.17) is 49.0 Å². The maximum absolute atomic E-state index is 14.3. The van der Waals surface area contributed by atoms with Gasteiger partial charge in [-0.1, -0.05) is 118 Å². The Labute approximate surface area is 373 Å². The minimum absolute atomic E-state index is 0.00508. The number of esters is 2. The number of benzene rings is 3. The normalized spacial score (nSPS) is 13.2. The van der Waals surface area contributed by atoms with Crippen molar-refractivity contribution in [3.8, 4) is 6.07 Å². The van der Waals surface area contributed by atoms with E-state index in [-0.39, 0.29) is 56.7 Å². The van der Waals surface area contributed by atoms with Crippen LogP contribution in [0.25, 0.3) is 6.08 Å². The Bertz CT molecular complexity index is 2090. The Kier molecular flexibility index (Phi) is 20.1. The highest BCUT2D eigenvalue weighted by molar-refractivity contribution is 6.42. The number of nitriles is 1. The number of amides is 2. The molecule has 0 aliphatic heterocycles. The average Bonchev–Trinajstić information content (AvgIpc) is 3.77. The van der Waals surface area contributed by atoms with Gasteiger partial charge in [0.25, 0.3) is 5.91 Å². The number of ketones is 1. The zero-order valence-electron chi connectivity index (χ0n) is 35.0. The van der Waals surface area contributed by atoms with Crippen LogP contribution in [0.4, 0.5) is 16.2 Å². The molecule has 1 saturated carbocycles. The summed E-state index contributed by atoms with van der Waals surface area (Å²) < 4.78 is 16.3. The fourth-order valence-electron chi connectivity index (χ4n) is 7.07. The van der Waals surface area contributed by atoms with Gasteiger partial charge in [0.15, 0.2) is 0 Å². The van der Waals surface area contributed by atoms with Crippen LogP contribution in [0.15, 0.2) is 60.2 Å². The Hall–Kier alpha value is -4.89. The second-order valence-corrected chi connectivity index (χ2v) is 16.2. The van der Waals surface area contributed by atoms with Crippen molar-refractivity contribution in [3.63, 3.8) is 0 Å². The summed E-state index contributed by atoms with van der Waals surface area (Å²) in [6.45, 7) is 5.94. The molecule has 0 heterocycles. The predicted molar refractivity (Wildman–Crippen MR) is 239 cm³/mol. The molecule has 3 aromatic rings. The van der Waals surface area contributed by atoms with Gasteiger partial charge in [0, 0.05) is 17.3 Å². The zero-order chi connectivity index (χ0) is 44.3. The molecule has 1 N–H and O–H groups in total. The summed E-state index contributed by atoms with van der Waals surface area (Å²) in [5.74, 6) is -3.29. The summed E-state index contributed by atoms with van der Waals surface area (Å²) in [6.07, 6.45) is 12.8. The molecule has 0 bridgehead atoms. The van der Waals surface area contributed by atoms with E-state index in [1.165, 1.54) is 85.9 Å². The number of carbonyl (C=O) groups excluding carboxylic acids is 5. The van der Waals surface area contributed by atoms with Crippen molar-refractivity contribution in [2.45, 2.75) is 123 Å². The quantitative estimate of drug-likeness (QED) is 0.0198. The second-order valence-electron chi connectivity index (χ2n) is 15.0. The molecule has 1 fully saturated rings. The van der Waals surface area contributed by atoms with Gasteiger partial charge in [-0.15, -0.1) is 0 Å². The fourth-order valence-corrected chi connectivity index (χ4v) is 7.53. The van der Waals surface area contributed by atoms with Gasteiger partial charge in [-0.05, 0) is 98.8 Å². The standard InChI is InChI=1S/C47H54Cl3N3O8/c1-4-6-7-8-9-10-11-12-13-16-25-60-45(56)34-21-24-39(49)41(29-34)52-44(55)43(42(54)33-20-23-38(48)40(50)28-33)61-47(58)53(36-17-14-15-18-36)37-22-19-32(31(3)26-37)27-35(30-51)46(57)59-5-2/h19-24,26-29,36,43H,4-18,25H2,1-3H3,(H,52,55)/b35-27+. The molecular formula is C47H54Cl3N3O8. The monoisotopic (exact) mass is 893 g/mol. The Morgan fingerprint density at radius 1 is 0.803 bits per heavy atom. The molecule has 0 radical (unpaired) electrons. The maximum atomic E-state index is 14.3. The number of Topliss-reactive ketones (excluding diaryl/α,β-unsaturated/α-hetero) is 1. The van der Waals surface area contributed by atoms with Gasteiger partial charge < -0.3 is 19.5 Å². The molecule has 3 aromatic carbocycles. The van der Waals surface area contributed by atoms with E-state index < -0.39 is 35.8 Å². The number of hydrogen-bond donors (Lipinski definition) is 1. The Morgan fingerprint density at radius 2 is 1.44 bits per heavy atom. The second kappa shape index (κ2) is 25.1. The van der Waals surface area contributed by atoms with Crippen molar-refractivity contribution < 1.29 is 38.2 Å².